The molecule has 0 amide bonds. The Morgan fingerprint density at radius 1 is 0.571 bits per heavy atom. The SMILES string of the molecule is O=C1c2cccc(c2)C(=O)c2ccc(O)c(c2)C/C=C\Cc2cc1ccc2O. The largest absolute Gasteiger partial charge is 0.508 e. The molecule has 0 saturated heterocycles. The number of fused-ring (bicyclic) bond motifs is 6. The minimum atomic E-state index is -0.207. The van der Waals surface area contributed by atoms with E-state index in [-0.39, 0.29) is 23.1 Å². The molecule has 0 heterocycles. The number of hydrogen-bond acceptors (Lipinski definition) is 4. The maximum Gasteiger partial charge on any atom is 0.193 e. The lowest BCUT2D eigenvalue weighted by Gasteiger charge is -2.08. The molecule has 4 nitrogen and oxygen atoms in total. The Hall–Kier alpha value is -3.66. The third-order valence-corrected chi connectivity index (χ3v) is 4.91. The highest BCUT2D eigenvalue weighted by molar-refractivity contribution is 6.13. The Labute approximate surface area is 162 Å². The molecule has 3 aromatic rings. The number of phenols is 2. The van der Waals surface area contributed by atoms with Crippen molar-refractivity contribution in [3.05, 3.63) is 106 Å². The molecule has 3 aromatic carbocycles. The molecule has 0 fully saturated rings. The van der Waals surface area contributed by atoms with Gasteiger partial charge in [-0.1, -0.05) is 30.4 Å². The van der Waals surface area contributed by atoms with Gasteiger partial charge in [-0.15, -0.1) is 0 Å². The van der Waals surface area contributed by atoms with Crippen LogP contribution in [0, 0.1) is 0 Å². The van der Waals surface area contributed by atoms with Crippen molar-refractivity contribution in [3.8, 4) is 11.5 Å². The zero-order valence-corrected chi connectivity index (χ0v) is 15.1. The number of carbonyl (C=O) groups is 2. The van der Waals surface area contributed by atoms with Crippen molar-refractivity contribution in [2.24, 2.45) is 0 Å². The van der Waals surface area contributed by atoms with Crippen LogP contribution in [-0.4, -0.2) is 21.8 Å². The summed E-state index contributed by atoms with van der Waals surface area (Å²) in [6, 6.07) is 16.2. The fourth-order valence-electron chi connectivity index (χ4n) is 3.34. The van der Waals surface area contributed by atoms with Gasteiger partial charge in [0.25, 0.3) is 0 Å². The van der Waals surface area contributed by atoms with Gasteiger partial charge in [-0.3, -0.25) is 9.59 Å². The molecule has 4 heteroatoms. The monoisotopic (exact) mass is 370 g/mol. The number of phenolic OH excluding ortho intramolecular Hbond substituents is 2. The summed E-state index contributed by atoms with van der Waals surface area (Å²) in [7, 11) is 0. The maximum atomic E-state index is 12.9. The van der Waals surface area contributed by atoms with Crippen LogP contribution in [0.4, 0.5) is 0 Å². The van der Waals surface area contributed by atoms with E-state index in [1.165, 1.54) is 12.1 Å². The maximum absolute atomic E-state index is 12.9. The summed E-state index contributed by atoms with van der Waals surface area (Å²) in [5, 5.41) is 20.2. The van der Waals surface area contributed by atoms with Gasteiger partial charge in [0, 0.05) is 22.3 Å². The average Bonchev–Trinajstić information content (AvgIpc) is 2.72. The Balaban J connectivity index is 1.88. The molecular weight excluding hydrogens is 352 g/mol. The molecule has 1 aliphatic rings. The Bertz CT molecular complexity index is 1040. The second-order valence-corrected chi connectivity index (χ2v) is 6.81. The van der Waals surface area contributed by atoms with E-state index in [0.717, 1.165) is 0 Å². The van der Waals surface area contributed by atoms with Crippen LogP contribution < -0.4 is 0 Å². The molecule has 2 N–H and O–H groups in total. The molecule has 0 unspecified atom stereocenters. The molecule has 28 heavy (non-hydrogen) atoms. The smallest absolute Gasteiger partial charge is 0.193 e. The first kappa shape index (κ1) is 17.7. The molecule has 0 aliphatic heterocycles. The molecule has 1 aliphatic carbocycles. The lowest BCUT2D eigenvalue weighted by molar-refractivity contribution is 0.103. The van der Waals surface area contributed by atoms with Crippen LogP contribution in [0.15, 0.2) is 72.8 Å². The minimum Gasteiger partial charge on any atom is -0.508 e. The molecule has 6 bridgehead atoms. The van der Waals surface area contributed by atoms with Crippen LogP contribution in [0.2, 0.25) is 0 Å². The van der Waals surface area contributed by atoms with E-state index in [9.17, 15) is 19.8 Å². The number of ketones is 2. The predicted octanol–water partition coefficient (Wildman–Crippen LogP) is 4.21. The van der Waals surface area contributed by atoms with E-state index in [2.05, 4.69) is 0 Å². The Morgan fingerprint density at radius 3 is 1.46 bits per heavy atom. The van der Waals surface area contributed by atoms with Gasteiger partial charge in [0.05, 0.1) is 0 Å². The van der Waals surface area contributed by atoms with Gasteiger partial charge in [-0.25, -0.2) is 0 Å². The molecule has 0 spiro atoms. The van der Waals surface area contributed by atoms with Crippen LogP contribution in [0.3, 0.4) is 0 Å². The third kappa shape index (κ3) is 3.32. The summed E-state index contributed by atoms with van der Waals surface area (Å²) >= 11 is 0. The van der Waals surface area contributed by atoms with Crippen molar-refractivity contribution in [2.45, 2.75) is 12.8 Å². The van der Waals surface area contributed by atoms with Gasteiger partial charge in [-0.2, -0.15) is 0 Å². The summed E-state index contributed by atoms with van der Waals surface area (Å²) in [5.41, 5.74) is 3.01. The van der Waals surface area contributed by atoms with Gasteiger partial charge in [0.15, 0.2) is 11.6 Å². The van der Waals surface area contributed by atoms with E-state index >= 15 is 0 Å². The third-order valence-electron chi connectivity index (χ3n) is 4.91. The summed E-state index contributed by atoms with van der Waals surface area (Å²) in [6.07, 6.45) is 4.65. The number of hydrogen-bond donors (Lipinski definition) is 2. The van der Waals surface area contributed by atoms with E-state index in [0.29, 0.717) is 46.2 Å². The van der Waals surface area contributed by atoms with Gasteiger partial charge >= 0.3 is 0 Å². The van der Waals surface area contributed by atoms with Crippen LogP contribution in [0.1, 0.15) is 43.0 Å². The molecule has 0 atom stereocenters. The van der Waals surface area contributed by atoms with Gasteiger partial charge in [-0.05, 0) is 66.4 Å². The number of aromatic hydroxyl groups is 2. The van der Waals surface area contributed by atoms with Crippen LogP contribution >= 0.6 is 0 Å². The van der Waals surface area contributed by atoms with Crippen molar-refractivity contribution in [1.29, 1.82) is 0 Å². The summed E-state index contributed by atoms with van der Waals surface area (Å²) in [5.74, 6) is -0.166. The topological polar surface area (TPSA) is 74.6 Å². The summed E-state index contributed by atoms with van der Waals surface area (Å²) in [4.78, 5) is 25.8. The van der Waals surface area contributed by atoms with E-state index < -0.39 is 0 Å². The fraction of sp³-hybridized carbons (Fsp3) is 0.0833. The summed E-state index contributed by atoms with van der Waals surface area (Å²) in [6.45, 7) is 0. The van der Waals surface area contributed by atoms with Gasteiger partial charge in [0.1, 0.15) is 11.5 Å². The van der Waals surface area contributed by atoms with Crippen molar-refractivity contribution >= 4 is 11.6 Å². The average molecular weight is 370 g/mol. The number of carbonyl (C=O) groups excluding carboxylic acids is 2. The number of benzene rings is 3. The predicted molar refractivity (Wildman–Crippen MR) is 106 cm³/mol. The van der Waals surface area contributed by atoms with Gasteiger partial charge in [0.2, 0.25) is 0 Å². The first-order valence-electron chi connectivity index (χ1n) is 9.01. The Morgan fingerprint density at radius 2 is 1.00 bits per heavy atom. The highest BCUT2D eigenvalue weighted by Gasteiger charge is 2.16. The molecule has 0 saturated carbocycles. The first-order chi connectivity index (χ1) is 13.5. The minimum absolute atomic E-state index is 0.124. The number of rotatable bonds is 0. The van der Waals surface area contributed by atoms with Crippen LogP contribution in [-0.2, 0) is 12.8 Å². The molecule has 4 rings (SSSR count). The molecule has 0 aromatic heterocycles. The van der Waals surface area contributed by atoms with Crippen molar-refractivity contribution in [3.63, 3.8) is 0 Å². The standard InChI is InChI=1S/C24H18O4/c25-21-10-8-19-12-15(21)4-1-2-5-16-13-20(9-11-22(16)26)24(28)18-7-3-6-17(14-18)23(19)27/h1-3,6-14,25-26H,4-5H2/b2-1-. The molecule has 138 valence electrons. The van der Waals surface area contributed by atoms with Crippen molar-refractivity contribution in [1.82, 2.24) is 0 Å². The van der Waals surface area contributed by atoms with E-state index in [1.54, 1.807) is 48.5 Å². The van der Waals surface area contributed by atoms with Crippen molar-refractivity contribution < 1.29 is 19.8 Å². The summed E-state index contributed by atoms with van der Waals surface area (Å²) < 4.78 is 0. The van der Waals surface area contributed by atoms with Gasteiger partial charge < -0.3 is 10.2 Å². The van der Waals surface area contributed by atoms with Crippen LogP contribution in [0.5, 0.6) is 11.5 Å². The van der Waals surface area contributed by atoms with E-state index in [4.69, 9.17) is 0 Å². The zero-order chi connectivity index (χ0) is 19.7. The van der Waals surface area contributed by atoms with Crippen LogP contribution in [0.25, 0.3) is 0 Å². The van der Waals surface area contributed by atoms with E-state index in [1.807, 2.05) is 12.2 Å². The Kier molecular flexibility index (Phi) is 4.53. The highest BCUT2D eigenvalue weighted by atomic mass is 16.3. The molecular formula is C24H18O4. The lowest BCUT2D eigenvalue weighted by Crippen LogP contribution is -2.06. The molecule has 0 radical (unpaired) electrons. The fourth-order valence-corrected chi connectivity index (χ4v) is 3.34. The first-order valence-corrected chi connectivity index (χ1v) is 9.01. The number of allylic oxidation sites excluding steroid dienone is 2. The second-order valence-electron chi connectivity index (χ2n) is 6.81. The normalized spacial score (nSPS) is 14.9. The highest BCUT2D eigenvalue weighted by Crippen LogP contribution is 2.25. The second kappa shape index (κ2) is 7.16. The zero-order valence-electron chi connectivity index (χ0n) is 15.1. The van der Waals surface area contributed by atoms with Crippen molar-refractivity contribution in [2.75, 3.05) is 0 Å². The quantitative estimate of drug-likeness (QED) is 0.581. The lowest BCUT2D eigenvalue weighted by atomic mass is 9.95.